The molecule has 0 aliphatic carbocycles. The Morgan fingerprint density at radius 2 is 2.00 bits per heavy atom. The lowest BCUT2D eigenvalue weighted by Crippen LogP contribution is -2.48. The molecule has 1 aliphatic rings. The van der Waals surface area contributed by atoms with Crippen molar-refractivity contribution in [3.8, 4) is 5.75 Å². The van der Waals surface area contributed by atoms with Gasteiger partial charge >= 0.3 is 0 Å². The summed E-state index contributed by atoms with van der Waals surface area (Å²) in [6.45, 7) is 1.24. The summed E-state index contributed by atoms with van der Waals surface area (Å²) in [5, 5.41) is -0.398. The van der Waals surface area contributed by atoms with Crippen molar-refractivity contribution in [2.75, 3.05) is 33.4 Å². The highest BCUT2D eigenvalue weighted by atomic mass is 79.9. The predicted octanol–water partition coefficient (Wildman–Crippen LogP) is 1.49. The molecule has 0 unspecified atom stereocenters. The number of ether oxygens (including phenoxy) is 2. The quantitative estimate of drug-likeness (QED) is 0.780. The van der Waals surface area contributed by atoms with Gasteiger partial charge in [-0.2, -0.15) is 0 Å². The Balaban J connectivity index is 1.80. The molecule has 0 radical (unpaired) electrons. The Morgan fingerprint density at radius 3 is 2.53 bits per heavy atom. The van der Waals surface area contributed by atoms with Gasteiger partial charge in [-0.05, 0) is 24.3 Å². The molecule has 1 aromatic carbocycles. The Hall–Kier alpha value is -0.630. The third kappa shape index (κ3) is 3.68. The molecule has 2 rings (SSSR count). The Morgan fingerprint density at radius 1 is 1.37 bits per heavy atom. The predicted molar refractivity (Wildman–Crippen MR) is 75.8 cm³/mol. The van der Waals surface area contributed by atoms with Gasteiger partial charge in [0.1, 0.15) is 17.6 Å². The molecule has 1 aromatic rings. The fraction of sp³-hybridized carbons (Fsp3) is 0.500. The van der Waals surface area contributed by atoms with Gasteiger partial charge < -0.3 is 9.47 Å². The lowest BCUT2D eigenvalue weighted by molar-refractivity contribution is 0.0394. The van der Waals surface area contributed by atoms with Crippen LogP contribution in [0, 0.1) is 0 Å². The van der Waals surface area contributed by atoms with Crippen molar-refractivity contribution in [2.24, 2.45) is 0 Å². The van der Waals surface area contributed by atoms with Crippen molar-refractivity contribution < 1.29 is 17.9 Å². The Bertz CT molecular complexity index is 513. The minimum Gasteiger partial charge on any atom is -0.492 e. The second-order valence-corrected chi connectivity index (χ2v) is 7.56. The number of likely N-dealkylation sites (N-methyl/N-ethyl adjacent to an activating group) is 1. The monoisotopic (exact) mass is 349 g/mol. The maximum atomic E-state index is 12.0. The molecule has 1 heterocycles. The second kappa shape index (κ2) is 6.21. The third-order valence-corrected chi connectivity index (χ3v) is 5.65. The topological polar surface area (TPSA) is 55.8 Å². The van der Waals surface area contributed by atoms with E-state index in [2.05, 4.69) is 15.9 Å². The number of hydrogen-bond acceptors (Lipinski definition) is 4. The number of rotatable bonds is 6. The van der Waals surface area contributed by atoms with Crippen LogP contribution < -0.4 is 4.74 Å². The fourth-order valence-corrected chi connectivity index (χ4v) is 3.23. The van der Waals surface area contributed by atoms with Gasteiger partial charge in [0.25, 0.3) is 0 Å². The standard InChI is InChI=1S/C12H16BrNO4S/c1-14(19(15,16)12-8-17-9-12)6-7-18-11-4-2-10(13)3-5-11/h2-5,12H,6-9H2,1H3. The fourth-order valence-electron chi connectivity index (χ4n) is 1.59. The van der Waals surface area contributed by atoms with Crippen LogP contribution >= 0.6 is 15.9 Å². The summed E-state index contributed by atoms with van der Waals surface area (Å²) in [4.78, 5) is 0. The maximum absolute atomic E-state index is 12.0. The van der Waals surface area contributed by atoms with E-state index in [1.54, 1.807) is 7.05 Å². The van der Waals surface area contributed by atoms with Crippen LogP contribution in [0.5, 0.6) is 5.75 Å². The number of nitrogens with zero attached hydrogens (tertiary/aromatic N) is 1. The summed E-state index contributed by atoms with van der Waals surface area (Å²) in [7, 11) is -1.67. The highest BCUT2D eigenvalue weighted by Crippen LogP contribution is 2.17. The van der Waals surface area contributed by atoms with Crippen LogP contribution in [0.25, 0.3) is 0 Å². The SMILES string of the molecule is CN(CCOc1ccc(Br)cc1)S(=O)(=O)C1COC1. The van der Waals surface area contributed by atoms with E-state index in [4.69, 9.17) is 9.47 Å². The van der Waals surface area contributed by atoms with Crippen LogP contribution in [0.1, 0.15) is 0 Å². The first-order chi connectivity index (χ1) is 9.00. The summed E-state index contributed by atoms with van der Waals surface area (Å²) in [5.41, 5.74) is 0. The van der Waals surface area contributed by atoms with Crippen LogP contribution in [-0.4, -0.2) is 51.4 Å². The van der Waals surface area contributed by atoms with E-state index in [1.807, 2.05) is 24.3 Å². The molecule has 19 heavy (non-hydrogen) atoms. The second-order valence-electron chi connectivity index (χ2n) is 4.33. The molecule has 0 saturated carbocycles. The zero-order chi connectivity index (χ0) is 13.9. The lowest BCUT2D eigenvalue weighted by Gasteiger charge is -2.29. The van der Waals surface area contributed by atoms with Gasteiger partial charge in [-0.3, -0.25) is 0 Å². The minimum absolute atomic E-state index is 0.292. The van der Waals surface area contributed by atoms with Crippen molar-refractivity contribution in [1.29, 1.82) is 0 Å². The zero-order valence-corrected chi connectivity index (χ0v) is 13.0. The van der Waals surface area contributed by atoms with Crippen molar-refractivity contribution in [2.45, 2.75) is 5.25 Å². The van der Waals surface area contributed by atoms with Gasteiger partial charge in [0.2, 0.25) is 10.0 Å². The minimum atomic E-state index is -3.24. The number of sulfonamides is 1. The molecule has 0 bridgehead atoms. The Labute approximate surface area is 121 Å². The molecule has 0 atom stereocenters. The molecule has 106 valence electrons. The van der Waals surface area contributed by atoms with Gasteiger partial charge in [0.05, 0.1) is 13.2 Å². The highest BCUT2D eigenvalue weighted by Gasteiger charge is 2.35. The number of halogens is 1. The molecular formula is C12H16BrNO4S. The smallest absolute Gasteiger partial charge is 0.221 e. The van der Waals surface area contributed by atoms with E-state index in [1.165, 1.54) is 4.31 Å². The highest BCUT2D eigenvalue weighted by molar-refractivity contribution is 9.10. The van der Waals surface area contributed by atoms with E-state index in [0.717, 1.165) is 10.2 Å². The largest absolute Gasteiger partial charge is 0.492 e. The molecule has 0 aromatic heterocycles. The van der Waals surface area contributed by atoms with Crippen LogP contribution in [0.2, 0.25) is 0 Å². The third-order valence-electron chi connectivity index (χ3n) is 2.95. The number of hydrogen-bond donors (Lipinski definition) is 0. The van der Waals surface area contributed by atoms with E-state index in [0.29, 0.717) is 26.4 Å². The average molecular weight is 350 g/mol. The van der Waals surface area contributed by atoms with Gasteiger partial charge in [0, 0.05) is 18.1 Å². The average Bonchev–Trinajstić information content (AvgIpc) is 2.28. The van der Waals surface area contributed by atoms with Gasteiger partial charge in [-0.1, -0.05) is 15.9 Å². The molecule has 1 saturated heterocycles. The van der Waals surface area contributed by atoms with Gasteiger partial charge in [0.15, 0.2) is 0 Å². The maximum Gasteiger partial charge on any atom is 0.221 e. The van der Waals surface area contributed by atoms with Gasteiger partial charge in [-0.25, -0.2) is 12.7 Å². The first-order valence-electron chi connectivity index (χ1n) is 5.91. The van der Waals surface area contributed by atoms with E-state index in [9.17, 15) is 8.42 Å². The van der Waals surface area contributed by atoms with Crippen LogP contribution in [0.3, 0.4) is 0 Å². The molecule has 1 fully saturated rings. The summed E-state index contributed by atoms with van der Waals surface area (Å²) in [5.74, 6) is 0.723. The molecule has 1 aliphatic heterocycles. The van der Waals surface area contributed by atoms with Crippen LogP contribution in [0.4, 0.5) is 0 Å². The zero-order valence-electron chi connectivity index (χ0n) is 10.6. The molecule has 0 N–H and O–H groups in total. The number of benzene rings is 1. The first-order valence-corrected chi connectivity index (χ1v) is 8.21. The van der Waals surface area contributed by atoms with E-state index in [-0.39, 0.29) is 0 Å². The summed E-state index contributed by atoms with van der Waals surface area (Å²) < 4.78 is 36.7. The van der Waals surface area contributed by atoms with Crippen molar-refractivity contribution in [1.82, 2.24) is 4.31 Å². The Kier molecular flexibility index (Phi) is 4.83. The normalized spacial score (nSPS) is 16.4. The summed E-state index contributed by atoms with van der Waals surface area (Å²) >= 11 is 3.34. The lowest BCUT2D eigenvalue weighted by atomic mass is 10.3. The molecule has 0 amide bonds. The van der Waals surface area contributed by atoms with Gasteiger partial charge in [-0.15, -0.1) is 0 Å². The molecule has 5 nitrogen and oxygen atoms in total. The summed E-state index contributed by atoms with van der Waals surface area (Å²) in [6.07, 6.45) is 0. The van der Waals surface area contributed by atoms with Crippen molar-refractivity contribution >= 4 is 26.0 Å². The molecular weight excluding hydrogens is 334 g/mol. The van der Waals surface area contributed by atoms with Crippen molar-refractivity contribution in [3.05, 3.63) is 28.7 Å². The van der Waals surface area contributed by atoms with Crippen molar-refractivity contribution in [3.63, 3.8) is 0 Å². The van der Waals surface area contributed by atoms with Crippen LogP contribution in [-0.2, 0) is 14.8 Å². The van der Waals surface area contributed by atoms with E-state index >= 15 is 0 Å². The van der Waals surface area contributed by atoms with Crippen LogP contribution in [0.15, 0.2) is 28.7 Å². The summed E-state index contributed by atoms with van der Waals surface area (Å²) in [6, 6.07) is 7.42. The molecule has 7 heteroatoms. The molecule has 0 spiro atoms. The first kappa shape index (κ1) is 14.8. The van der Waals surface area contributed by atoms with E-state index < -0.39 is 15.3 Å².